The van der Waals surface area contributed by atoms with Gasteiger partial charge in [0.25, 0.3) is 0 Å². The lowest BCUT2D eigenvalue weighted by molar-refractivity contribution is 0.209. The van der Waals surface area contributed by atoms with Gasteiger partial charge < -0.3 is 5.11 Å². The molecule has 2 atom stereocenters. The fourth-order valence-electron chi connectivity index (χ4n) is 1.28. The largest absolute Gasteiger partial charge is 0.396 e. The summed E-state index contributed by atoms with van der Waals surface area (Å²) in [6.45, 7) is 6.47. The van der Waals surface area contributed by atoms with Gasteiger partial charge in [0, 0.05) is 12.1 Å². The molecule has 2 heteroatoms. The lowest BCUT2D eigenvalue weighted by Gasteiger charge is -2.31. The van der Waals surface area contributed by atoms with E-state index in [1.165, 1.54) is 0 Å². The van der Waals surface area contributed by atoms with Crippen molar-refractivity contribution in [3.8, 4) is 12.3 Å². The highest BCUT2D eigenvalue weighted by Gasteiger charge is 2.22. The zero-order valence-corrected chi connectivity index (χ0v) is 8.93. The molecule has 0 aromatic carbocycles. The molecule has 0 aromatic rings. The van der Waals surface area contributed by atoms with E-state index in [0.29, 0.717) is 0 Å². The molecule has 76 valence electrons. The van der Waals surface area contributed by atoms with Gasteiger partial charge in [-0.05, 0) is 26.2 Å². The van der Waals surface area contributed by atoms with E-state index in [1.807, 2.05) is 0 Å². The molecule has 0 saturated carbocycles. The SMILES string of the molecule is C#CC(CC)NC(C)(CC)CCO. The van der Waals surface area contributed by atoms with Crippen LogP contribution in [0.3, 0.4) is 0 Å². The van der Waals surface area contributed by atoms with Crippen LogP contribution in [-0.2, 0) is 0 Å². The molecule has 0 bridgehead atoms. The van der Waals surface area contributed by atoms with E-state index in [1.54, 1.807) is 0 Å². The van der Waals surface area contributed by atoms with Crippen LogP contribution < -0.4 is 5.32 Å². The zero-order chi connectivity index (χ0) is 10.3. The first-order valence-electron chi connectivity index (χ1n) is 4.96. The summed E-state index contributed by atoms with van der Waals surface area (Å²) >= 11 is 0. The van der Waals surface area contributed by atoms with Gasteiger partial charge in [-0.1, -0.05) is 19.8 Å². The van der Waals surface area contributed by atoms with Crippen LogP contribution in [0.25, 0.3) is 0 Å². The van der Waals surface area contributed by atoms with Gasteiger partial charge in [-0.25, -0.2) is 0 Å². The van der Waals surface area contributed by atoms with Crippen LogP contribution in [0.5, 0.6) is 0 Å². The fraction of sp³-hybridized carbons (Fsp3) is 0.818. The van der Waals surface area contributed by atoms with Crippen molar-refractivity contribution in [2.45, 2.75) is 51.6 Å². The molecule has 0 spiro atoms. The van der Waals surface area contributed by atoms with E-state index in [2.05, 4.69) is 32.0 Å². The highest BCUT2D eigenvalue weighted by Crippen LogP contribution is 2.15. The number of terminal acetylenes is 1. The quantitative estimate of drug-likeness (QED) is 0.612. The lowest BCUT2D eigenvalue weighted by Crippen LogP contribution is -2.47. The van der Waals surface area contributed by atoms with Crippen LogP contribution in [0.15, 0.2) is 0 Å². The number of hydrogen-bond acceptors (Lipinski definition) is 2. The van der Waals surface area contributed by atoms with Crippen molar-refractivity contribution in [1.29, 1.82) is 0 Å². The predicted molar refractivity (Wildman–Crippen MR) is 56.4 cm³/mol. The van der Waals surface area contributed by atoms with Crippen LogP contribution in [0.1, 0.15) is 40.0 Å². The minimum absolute atomic E-state index is 0.0260. The summed E-state index contributed by atoms with van der Waals surface area (Å²) in [4.78, 5) is 0. The smallest absolute Gasteiger partial charge is 0.0688 e. The van der Waals surface area contributed by atoms with E-state index < -0.39 is 0 Å². The van der Waals surface area contributed by atoms with Crippen LogP contribution in [-0.4, -0.2) is 23.3 Å². The van der Waals surface area contributed by atoms with Crippen molar-refractivity contribution in [2.24, 2.45) is 0 Å². The van der Waals surface area contributed by atoms with Crippen molar-refractivity contribution in [2.75, 3.05) is 6.61 Å². The van der Waals surface area contributed by atoms with Crippen LogP contribution in [0.2, 0.25) is 0 Å². The maximum Gasteiger partial charge on any atom is 0.0688 e. The Kier molecular flexibility index (Phi) is 5.77. The molecule has 13 heavy (non-hydrogen) atoms. The average molecular weight is 183 g/mol. The minimum Gasteiger partial charge on any atom is -0.396 e. The van der Waals surface area contributed by atoms with Gasteiger partial charge in [0.15, 0.2) is 0 Å². The number of nitrogens with one attached hydrogen (secondary N) is 1. The van der Waals surface area contributed by atoms with E-state index in [4.69, 9.17) is 11.5 Å². The summed E-state index contributed by atoms with van der Waals surface area (Å²) in [6.07, 6.45) is 8.02. The maximum absolute atomic E-state index is 8.90. The van der Waals surface area contributed by atoms with Crippen LogP contribution in [0, 0.1) is 12.3 Å². The molecule has 0 saturated heterocycles. The summed E-state index contributed by atoms with van der Waals surface area (Å²) in [5.74, 6) is 2.71. The highest BCUT2D eigenvalue weighted by atomic mass is 16.3. The second kappa shape index (κ2) is 6.01. The first-order valence-corrected chi connectivity index (χ1v) is 4.96. The third-order valence-corrected chi connectivity index (χ3v) is 2.58. The van der Waals surface area contributed by atoms with E-state index >= 15 is 0 Å². The minimum atomic E-state index is -0.0260. The molecule has 0 fully saturated rings. The molecule has 0 aromatic heterocycles. The van der Waals surface area contributed by atoms with Crippen molar-refractivity contribution in [3.05, 3.63) is 0 Å². The van der Waals surface area contributed by atoms with Gasteiger partial charge in [-0.2, -0.15) is 0 Å². The van der Waals surface area contributed by atoms with E-state index in [0.717, 1.165) is 19.3 Å². The molecule has 0 amide bonds. The Morgan fingerprint density at radius 2 is 2.15 bits per heavy atom. The van der Waals surface area contributed by atoms with Gasteiger partial charge in [-0.15, -0.1) is 6.42 Å². The highest BCUT2D eigenvalue weighted by molar-refractivity contribution is 5.01. The van der Waals surface area contributed by atoms with Gasteiger partial charge in [0.2, 0.25) is 0 Å². The van der Waals surface area contributed by atoms with Gasteiger partial charge in [0.1, 0.15) is 0 Å². The van der Waals surface area contributed by atoms with Crippen molar-refractivity contribution >= 4 is 0 Å². The Morgan fingerprint density at radius 1 is 1.54 bits per heavy atom. The summed E-state index contributed by atoms with van der Waals surface area (Å²) in [6, 6.07) is 0.122. The Balaban J connectivity index is 4.17. The summed E-state index contributed by atoms with van der Waals surface area (Å²) in [5.41, 5.74) is -0.0260. The predicted octanol–water partition coefficient (Wildman–Crippen LogP) is 1.54. The van der Waals surface area contributed by atoms with E-state index in [-0.39, 0.29) is 18.2 Å². The monoisotopic (exact) mass is 183 g/mol. The summed E-state index contributed by atoms with van der Waals surface area (Å²) in [5, 5.41) is 12.3. The molecule has 0 heterocycles. The van der Waals surface area contributed by atoms with Crippen LogP contribution >= 0.6 is 0 Å². The van der Waals surface area contributed by atoms with Gasteiger partial charge in [0.05, 0.1) is 6.04 Å². The van der Waals surface area contributed by atoms with Crippen molar-refractivity contribution in [3.63, 3.8) is 0 Å². The standard InChI is InChI=1S/C11H21NO/c1-5-10(6-2)12-11(4,7-3)8-9-13/h1,10,12-13H,6-9H2,2-4H3. The Labute approximate surface area is 81.7 Å². The van der Waals surface area contributed by atoms with Crippen molar-refractivity contribution < 1.29 is 5.11 Å². The molecule has 2 N–H and O–H groups in total. The Bertz CT molecular complexity index is 173. The first kappa shape index (κ1) is 12.5. The Morgan fingerprint density at radius 3 is 2.46 bits per heavy atom. The fourth-order valence-corrected chi connectivity index (χ4v) is 1.28. The summed E-state index contributed by atoms with van der Waals surface area (Å²) in [7, 11) is 0. The second-order valence-corrected chi connectivity index (χ2v) is 3.66. The molecule has 0 radical (unpaired) electrons. The zero-order valence-electron chi connectivity index (χ0n) is 8.93. The average Bonchev–Trinajstić information content (AvgIpc) is 2.15. The number of aliphatic hydroxyl groups excluding tert-OH is 1. The lowest BCUT2D eigenvalue weighted by atomic mass is 9.93. The molecular weight excluding hydrogens is 162 g/mol. The molecule has 2 unspecified atom stereocenters. The normalized spacial score (nSPS) is 17.5. The van der Waals surface area contributed by atoms with Crippen LogP contribution in [0.4, 0.5) is 0 Å². The first-order chi connectivity index (χ1) is 6.11. The molecule has 0 aliphatic carbocycles. The summed E-state index contributed by atoms with van der Waals surface area (Å²) < 4.78 is 0. The second-order valence-electron chi connectivity index (χ2n) is 3.66. The topological polar surface area (TPSA) is 32.3 Å². The molecule has 0 aliphatic rings. The third kappa shape index (κ3) is 4.31. The Hall–Kier alpha value is -0.520. The molecular formula is C11H21NO. The number of rotatable bonds is 6. The van der Waals surface area contributed by atoms with Crippen molar-refractivity contribution in [1.82, 2.24) is 5.32 Å². The number of hydrogen-bond donors (Lipinski definition) is 2. The number of aliphatic hydroxyl groups is 1. The van der Waals surface area contributed by atoms with Gasteiger partial charge >= 0.3 is 0 Å². The van der Waals surface area contributed by atoms with Gasteiger partial charge in [-0.3, -0.25) is 5.32 Å². The third-order valence-electron chi connectivity index (χ3n) is 2.58. The molecule has 0 rings (SSSR count). The molecule has 0 aliphatic heterocycles. The van der Waals surface area contributed by atoms with E-state index in [9.17, 15) is 0 Å². The maximum atomic E-state index is 8.90. The molecule has 2 nitrogen and oxygen atoms in total.